The van der Waals surface area contributed by atoms with Gasteiger partial charge in [0.1, 0.15) is 27.2 Å². The van der Waals surface area contributed by atoms with Crippen LogP contribution in [0.15, 0.2) is 16.4 Å². The van der Waals surface area contributed by atoms with Gasteiger partial charge in [-0.3, -0.25) is 0 Å². The number of nitrogen functional groups attached to an aromatic ring is 1. The molecule has 1 rings (SSSR count). The van der Waals surface area contributed by atoms with Crippen molar-refractivity contribution in [2.45, 2.75) is 10.1 Å². The normalized spacial score (nSPS) is 8.77. The molecule has 13 heavy (non-hydrogen) atoms. The fourth-order valence-electron chi connectivity index (χ4n) is 0.613. The first-order valence-corrected chi connectivity index (χ1v) is 4.65. The molecular weight excluding hydrogens is 206 g/mol. The van der Waals surface area contributed by atoms with Crippen LogP contribution in [0.25, 0.3) is 0 Å². The summed E-state index contributed by atoms with van der Waals surface area (Å²) >= 11 is 1.70. The minimum atomic E-state index is 0.278. The zero-order valence-electron chi connectivity index (χ0n) is 6.26. The van der Waals surface area contributed by atoms with Gasteiger partial charge in [-0.2, -0.15) is 10.5 Å². The van der Waals surface area contributed by atoms with Crippen LogP contribution in [0.5, 0.6) is 0 Å². The molecule has 0 aliphatic rings. The van der Waals surface area contributed by atoms with Crippen LogP contribution in [-0.2, 0) is 0 Å². The van der Waals surface area contributed by atoms with Crippen LogP contribution >= 0.6 is 23.5 Å². The maximum Gasteiger partial charge on any atom is 0.140 e. The molecule has 0 amide bonds. The van der Waals surface area contributed by atoms with Crippen molar-refractivity contribution in [3.05, 3.63) is 6.33 Å². The first-order chi connectivity index (χ1) is 6.29. The highest BCUT2D eigenvalue weighted by Gasteiger charge is 2.08. The van der Waals surface area contributed by atoms with E-state index in [1.54, 1.807) is 0 Å². The van der Waals surface area contributed by atoms with Gasteiger partial charge in [0.15, 0.2) is 0 Å². The average Bonchev–Trinajstić information content (AvgIpc) is 2.13. The molecule has 0 bridgehead atoms. The first kappa shape index (κ1) is 9.65. The minimum Gasteiger partial charge on any atom is -0.394 e. The van der Waals surface area contributed by atoms with Gasteiger partial charge in [0.25, 0.3) is 0 Å². The van der Waals surface area contributed by atoms with Gasteiger partial charge < -0.3 is 5.73 Å². The molecule has 0 spiro atoms. The molecule has 2 N–H and O–H groups in total. The number of anilines is 1. The van der Waals surface area contributed by atoms with E-state index in [9.17, 15) is 0 Å². The summed E-state index contributed by atoms with van der Waals surface area (Å²) in [5.41, 5.74) is 5.86. The van der Waals surface area contributed by atoms with E-state index >= 15 is 0 Å². The number of nitrogens with two attached hydrogens (primary N) is 1. The number of hydrogen-bond acceptors (Lipinski definition) is 7. The van der Waals surface area contributed by atoms with Gasteiger partial charge in [0, 0.05) is 23.5 Å². The van der Waals surface area contributed by atoms with Crippen LogP contribution in [0.3, 0.4) is 0 Å². The van der Waals surface area contributed by atoms with Crippen molar-refractivity contribution in [3.63, 3.8) is 0 Å². The Kier molecular flexibility index (Phi) is 3.38. The molecule has 7 heteroatoms. The monoisotopic (exact) mass is 209 g/mol. The van der Waals surface area contributed by atoms with Gasteiger partial charge in [0.05, 0.1) is 5.69 Å². The summed E-state index contributed by atoms with van der Waals surface area (Å²) in [6.07, 6.45) is 1.27. The summed E-state index contributed by atoms with van der Waals surface area (Å²) < 4.78 is 0. The third kappa shape index (κ3) is 2.25. The molecule has 0 radical (unpaired) electrons. The highest BCUT2D eigenvalue weighted by molar-refractivity contribution is 8.04. The van der Waals surface area contributed by atoms with Crippen LogP contribution in [-0.4, -0.2) is 9.97 Å². The fourth-order valence-corrected chi connectivity index (χ4v) is 1.46. The van der Waals surface area contributed by atoms with Crippen LogP contribution in [0.4, 0.5) is 5.69 Å². The third-order valence-corrected chi connectivity index (χ3v) is 2.32. The molecule has 0 unspecified atom stereocenters. The van der Waals surface area contributed by atoms with Crippen LogP contribution in [0.2, 0.25) is 0 Å². The Balaban J connectivity index is 3.06. The summed E-state index contributed by atoms with van der Waals surface area (Å²) in [6, 6.07) is 0. The number of aromatic nitrogens is 2. The van der Waals surface area contributed by atoms with Gasteiger partial charge in [0.2, 0.25) is 0 Å². The quantitative estimate of drug-likeness (QED) is 0.443. The van der Waals surface area contributed by atoms with E-state index < -0.39 is 0 Å². The second-order valence-corrected chi connectivity index (χ2v) is 3.33. The SMILES string of the molecule is N#CSc1ncnc(SC#N)c1N. The number of rotatable bonds is 2. The molecule has 1 aromatic rings. The molecule has 5 nitrogen and oxygen atoms in total. The second-order valence-electron chi connectivity index (χ2n) is 1.78. The number of thioether (sulfide) groups is 2. The molecule has 0 atom stereocenters. The summed E-state index contributed by atoms with van der Waals surface area (Å²) in [4.78, 5) is 7.59. The third-order valence-electron chi connectivity index (χ3n) is 1.10. The highest BCUT2D eigenvalue weighted by Crippen LogP contribution is 2.28. The number of nitrogens with zero attached hydrogens (tertiary/aromatic N) is 4. The van der Waals surface area contributed by atoms with Gasteiger partial charge >= 0.3 is 0 Å². The number of hydrogen-bond donors (Lipinski definition) is 1. The molecule has 0 fully saturated rings. The van der Waals surface area contributed by atoms with Crippen LogP contribution in [0, 0.1) is 21.3 Å². The Morgan fingerprint density at radius 3 is 2.00 bits per heavy atom. The zero-order chi connectivity index (χ0) is 9.68. The van der Waals surface area contributed by atoms with E-state index in [1.165, 1.54) is 6.33 Å². The predicted octanol–water partition coefficient (Wildman–Crippen LogP) is 1.21. The summed E-state index contributed by atoms with van der Waals surface area (Å²) in [5.74, 6) is 0. The summed E-state index contributed by atoms with van der Waals surface area (Å²) in [7, 11) is 0. The van der Waals surface area contributed by atoms with Crippen molar-refractivity contribution < 1.29 is 0 Å². The highest BCUT2D eigenvalue weighted by atomic mass is 32.2. The topological polar surface area (TPSA) is 99.4 Å². The Bertz CT molecular complexity index is 357. The lowest BCUT2D eigenvalue weighted by atomic mass is 10.6. The molecule has 0 aromatic carbocycles. The van der Waals surface area contributed by atoms with Crippen molar-refractivity contribution in [1.29, 1.82) is 10.5 Å². The molecule has 64 valence electrons. The fraction of sp³-hybridized carbons (Fsp3) is 0. The smallest absolute Gasteiger partial charge is 0.140 e. The zero-order valence-corrected chi connectivity index (χ0v) is 7.89. The molecule has 1 aromatic heterocycles. The molecule has 1 heterocycles. The lowest BCUT2D eigenvalue weighted by Gasteiger charge is -2.00. The van der Waals surface area contributed by atoms with E-state index in [4.69, 9.17) is 16.3 Å². The van der Waals surface area contributed by atoms with Crippen molar-refractivity contribution in [2.75, 3.05) is 5.73 Å². The lowest BCUT2D eigenvalue weighted by Crippen LogP contribution is -1.96. The van der Waals surface area contributed by atoms with Gasteiger partial charge in [-0.15, -0.1) is 0 Å². The van der Waals surface area contributed by atoms with Crippen molar-refractivity contribution in [1.82, 2.24) is 9.97 Å². The van der Waals surface area contributed by atoms with E-state index in [0.29, 0.717) is 10.1 Å². The molecule has 0 saturated carbocycles. The van der Waals surface area contributed by atoms with Crippen molar-refractivity contribution >= 4 is 29.2 Å². The minimum absolute atomic E-state index is 0.278. The Hall–Kier alpha value is -1.44. The van der Waals surface area contributed by atoms with E-state index in [1.807, 2.05) is 10.8 Å². The van der Waals surface area contributed by atoms with Gasteiger partial charge in [-0.05, 0) is 0 Å². The second kappa shape index (κ2) is 4.55. The molecule has 0 aliphatic heterocycles. The molecule has 0 saturated heterocycles. The molecule has 0 aliphatic carbocycles. The van der Waals surface area contributed by atoms with Crippen LogP contribution in [0.1, 0.15) is 0 Å². The number of thiocyanates is 2. The predicted molar refractivity (Wildman–Crippen MR) is 49.4 cm³/mol. The van der Waals surface area contributed by atoms with Crippen molar-refractivity contribution in [3.8, 4) is 10.8 Å². The van der Waals surface area contributed by atoms with Crippen molar-refractivity contribution in [2.24, 2.45) is 0 Å². The largest absolute Gasteiger partial charge is 0.394 e. The average molecular weight is 209 g/mol. The maximum atomic E-state index is 8.39. The van der Waals surface area contributed by atoms with Gasteiger partial charge in [-0.1, -0.05) is 0 Å². The molecular formula is C6H3N5S2. The summed E-state index contributed by atoms with van der Waals surface area (Å²) in [5, 5.41) is 21.2. The van der Waals surface area contributed by atoms with E-state index in [0.717, 1.165) is 23.5 Å². The van der Waals surface area contributed by atoms with E-state index in [-0.39, 0.29) is 5.69 Å². The number of nitriles is 2. The maximum absolute atomic E-state index is 8.39. The standard InChI is InChI=1S/C6H3N5S2/c7-1-12-5-4(9)6(13-2-8)11-3-10-5/h3H,9H2. The lowest BCUT2D eigenvalue weighted by molar-refractivity contribution is 0.980. The summed E-state index contributed by atoms with van der Waals surface area (Å²) in [6.45, 7) is 0. The van der Waals surface area contributed by atoms with Gasteiger partial charge in [-0.25, -0.2) is 9.97 Å². The first-order valence-electron chi connectivity index (χ1n) is 3.02. The van der Waals surface area contributed by atoms with Crippen LogP contribution < -0.4 is 5.73 Å². The Labute approximate surface area is 83.0 Å². The Morgan fingerprint density at radius 1 is 1.15 bits per heavy atom. The van der Waals surface area contributed by atoms with E-state index in [2.05, 4.69) is 9.97 Å². The Morgan fingerprint density at radius 2 is 1.62 bits per heavy atom.